The molecule has 1 atom stereocenters. The van der Waals surface area contributed by atoms with E-state index in [4.69, 9.17) is 4.74 Å². The first-order valence-electron chi connectivity index (χ1n) is 12.8. The zero-order valence-electron chi connectivity index (χ0n) is 21.4. The van der Waals surface area contributed by atoms with Crippen LogP contribution in [0.15, 0.2) is 66.1 Å². The number of ether oxygens (including phenoxy) is 1. The van der Waals surface area contributed by atoms with Gasteiger partial charge in [-0.15, -0.1) is 0 Å². The SMILES string of the molecule is CC(C)(C(=O)O)c1ccc(CCC(=O)Nc2cccc(N3CCCC(OC4=C(O)CCC=C4)C3)n2)cc1. The van der Waals surface area contributed by atoms with Gasteiger partial charge in [-0.25, -0.2) is 4.98 Å². The number of anilines is 2. The Kier molecular flexibility index (Phi) is 8.16. The van der Waals surface area contributed by atoms with Gasteiger partial charge in [-0.3, -0.25) is 9.59 Å². The molecule has 1 aromatic heterocycles. The lowest BCUT2D eigenvalue weighted by atomic mass is 9.84. The van der Waals surface area contributed by atoms with Crippen molar-refractivity contribution < 1.29 is 24.5 Å². The highest BCUT2D eigenvalue weighted by atomic mass is 16.5. The smallest absolute Gasteiger partial charge is 0.313 e. The Hall–Kier alpha value is -3.81. The number of carboxylic acid groups (broad SMARTS) is 1. The molecule has 8 heteroatoms. The number of aliphatic carboxylic acids is 1. The van der Waals surface area contributed by atoms with Gasteiger partial charge >= 0.3 is 5.97 Å². The average molecular weight is 506 g/mol. The van der Waals surface area contributed by atoms with Crippen molar-refractivity contribution in [2.24, 2.45) is 0 Å². The number of aromatic nitrogens is 1. The van der Waals surface area contributed by atoms with Gasteiger partial charge in [0, 0.05) is 19.4 Å². The van der Waals surface area contributed by atoms with Gasteiger partial charge in [-0.05, 0) is 68.9 Å². The maximum absolute atomic E-state index is 12.6. The van der Waals surface area contributed by atoms with Crippen LogP contribution in [0.3, 0.4) is 0 Å². The summed E-state index contributed by atoms with van der Waals surface area (Å²) in [4.78, 5) is 30.8. The first kappa shape index (κ1) is 26.3. The molecule has 1 amide bonds. The number of amides is 1. The van der Waals surface area contributed by atoms with E-state index in [2.05, 4.69) is 15.2 Å². The number of rotatable bonds is 9. The van der Waals surface area contributed by atoms with Crippen molar-refractivity contribution >= 4 is 23.5 Å². The van der Waals surface area contributed by atoms with E-state index >= 15 is 0 Å². The summed E-state index contributed by atoms with van der Waals surface area (Å²) in [5, 5.41) is 22.4. The fraction of sp³-hybridized carbons (Fsp3) is 0.414. The van der Waals surface area contributed by atoms with Crippen LogP contribution in [0.1, 0.15) is 57.1 Å². The molecule has 1 unspecified atom stereocenters. The largest absolute Gasteiger partial charge is 0.508 e. The average Bonchev–Trinajstić information content (AvgIpc) is 2.89. The summed E-state index contributed by atoms with van der Waals surface area (Å²) >= 11 is 0. The van der Waals surface area contributed by atoms with Gasteiger partial charge in [0.2, 0.25) is 5.91 Å². The van der Waals surface area contributed by atoms with E-state index in [1.807, 2.05) is 48.6 Å². The van der Waals surface area contributed by atoms with Gasteiger partial charge in [0.05, 0.1) is 12.0 Å². The molecule has 8 nitrogen and oxygen atoms in total. The summed E-state index contributed by atoms with van der Waals surface area (Å²) in [6.45, 7) is 4.85. The van der Waals surface area contributed by atoms with E-state index in [0.717, 1.165) is 42.8 Å². The van der Waals surface area contributed by atoms with Crippen molar-refractivity contribution in [1.82, 2.24) is 4.98 Å². The molecule has 2 heterocycles. The number of pyridine rings is 1. The molecule has 1 aliphatic heterocycles. The molecular weight excluding hydrogens is 470 g/mol. The van der Waals surface area contributed by atoms with Crippen LogP contribution in [-0.4, -0.2) is 46.3 Å². The Bertz CT molecular complexity index is 1190. The number of hydrogen-bond acceptors (Lipinski definition) is 6. The number of hydrogen-bond donors (Lipinski definition) is 3. The first-order valence-corrected chi connectivity index (χ1v) is 12.8. The van der Waals surface area contributed by atoms with Crippen molar-refractivity contribution in [3.63, 3.8) is 0 Å². The summed E-state index contributed by atoms with van der Waals surface area (Å²) in [7, 11) is 0. The molecule has 4 rings (SSSR count). The zero-order valence-corrected chi connectivity index (χ0v) is 21.4. The van der Waals surface area contributed by atoms with E-state index in [1.54, 1.807) is 19.9 Å². The van der Waals surface area contributed by atoms with E-state index < -0.39 is 11.4 Å². The Morgan fingerprint density at radius 3 is 2.70 bits per heavy atom. The van der Waals surface area contributed by atoms with Crippen LogP contribution in [0, 0.1) is 0 Å². The second-order valence-corrected chi connectivity index (χ2v) is 10.1. The van der Waals surface area contributed by atoms with Crippen LogP contribution in [-0.2, 0) is 26.2 Å². The Morgan fingerprint density at radius 2 is 1.97 bits per heavy atom. The van der Waals surface area contributed by atoms with Crippen LogP contribution >= 0.6 is 0 Å². The normalized spacial score (nSPS) is 18.0. The monoisotopic (exact) mass is 505 g/mol. The topological polar surface area (TPSA) is 112 Å². The van der Waals surface area contributed by atoms with E-state index in [1.165, 1.54) is 0 Å². The summed E-state index contributed by atoms with van der Waals surface area (Å²) < 4.78 is 6.08. The molecule has 0 bridgehead atoms. The van der Waals surface area contributed by atoms with Crippen LogP contribution in [0.2, 0.25) is 0 Å². The molecule has 0 radical (unpaired) electrons. The van der Waals surface area contributed by atoms with Crippen LogP contribution < -0.4 is 10.2 Å². The Labute approximate surface area is 217 Å². The lowest BCUT2D eigenvalue weighted by Gasteiger charge is -2.34. The number of nitrogens with zero attached hydrogens (tertiary/aromatic N) is 2. The van der Waals surface area contributed by atoms with Crippen molar-refractivity contribution in [2.75, 3.05) is 23.3 Å². The molecule has 1 saturated heterocycles. The minimum absolute atomic E-state index is 0.0406. The van der Waals surface area contributed by atoms with Gasteiger partial charge in [0.25, 0.3) is 0 Å². The summed E-state index contributed by atoms with van der Waals surface area (Å²) in [6.07, 6.45) is 7.95. The maximum atomic E-state index is 12.6. The molecule has 1 fully saturated rings. The molecule has 3 N–H and O–H groups in total. The third-order valence-corrected chi connectivity index (χ3v) is 6.95. The molecule has 0 spiro atoms. The number of aliphatic hydroxyl groups excluding tert-OH is 1. The molecular formula is C29H35N3O5. The van der Waals surface area contributed by atoms with Gasteiger partial charge in [0.15, 0.2) is 5.76 Å². The number of aryl methyl sites for hydroxylation is 1. The molecule has 1 aromatic carbocycles. The molecule has 2 aliphatic rings. The molecule has 37 heavy (non-hydrogen) atoms. The van der Waals surface area contributed by atoms with Gasteiger partial charge < -0.3 is 25.2 Å². The first-order chi connectivity index (χ1) is 17.7. The maximum Gasteiger partial charge on any atom is 0.313 e. The van der Waals surface area contributed by atoms with Crippen molar-refractivity contribution in [1.29, 1.82) is 0 Å². The minimum atomic E-state index is -0.959. The predicted octanol–water partition coefficient (Wildman–Crippen LogP) is 5.12. The third kappa shape index (κ3) is 6.70. The van der Waals surface area contributed by atoms with Crippen LogP contribution in [0.5, 0.6) is 0 Å². The minimum Gasteiger partial charge on any atom is -0.508 e. The second kappa shape index (κ2) is 11.5. The predicted molar refractivity (Wildman–Crippen MR) is 143 cm³/mol. The third-order valence-electron chi connectivity index (χ3n) is 6.95. The fourth-order valence-electron chi connectivity index (χ4n) is 4.50. The lowest BCUT2D eigenvalue weighted by Crippen LogP contribution is -2.40. The second-order valence-electron chi connectivity index (χ2n) is 10.1. The number of carbonyl (C=O) groups excluding carboxylic acids is 1. The zero-order chi connectivity index (χ0) is 26.4. The number of carbonyl (C=O) groups is 2. The van der Waals surface area contributed by atoms with Crippen molar-refractivity contribution in [2.45, 2.75) is 63.9 Å². The van der Waals surface area contributed by atoms with Crippen LogP contribution in [0.25, 0.3) is 0 Å². The molecule has 196 valence electrons. The van der Waals surface area contributed by atoms with Gasteiger partial charge in [-0.2, -0.15) is 0 Å². The Balaban J connectivity index is 1.31. The molecule has 2 aromatic rings. The van der Waals surface area contributed by atoms with Crippen molar-refractivity contribution in [3.8, 4) is 0 Å². The van der Waals surface area contributed by atoms with Crippen molar-refractivity contribution in [3.05, 3.63) is 77.3 Å². The van der Waals surface area contributed by atoms with Crippen LogP contribution in [0.4, 0.5) is 11.6 Å². The van der Waals surface area contributed by atoms with E-state index in [0.29, 0.717) is 43.1 Å². The quantitative estimate of drug-likeness (QED) is 0.434. The van der Waals surface area contributed by atoms with Gasteiger partial charge in [0.1, 0.15) is 23.5 Å². The lowest BCUT2D eigenvalue weighted by molar-refractivity contribution is -0.142. The number of nitrogens with one attached hydrogen (secondary N) is 1. The fourth-order valence-corrected chi connectivity index (χ4v) is 4.50. The molecule has 1 aliphatic carbocycles. The van der Waals surface area contributed by atoms with E-state index in [-0.39, 0.29) is 12.0 Å². The van der Waals surface area contributed by atoms with Gasteiger partial charge in [-0.1, -0.05) is 36.4 Å². The number of aliphatic hydroxyl groups is 1. The Morgan fingerprint density at radius 1 is 1.19 bits per heavy atom. The summed E-state index contributed by atoms with van der Waals surface area (Å²) in [6, 6.07) is 12.9. The number of allylic oxidation sites excluding steroid dienone is 3. The summed E-state index contributed by atoms with van der Waals surface area (Å²) in [5.74, 6) is 1.14. The highest BCUT2D eigenvalue weighted by Crippen LogP contribution is 2.26. The number of carboxylic acids is 1. The highest BCUT2D eigenvalue weighted by molar-refractivity contribution is 5.90. The number of benzene rings is 1. The van der Waals surface area contributed by atoms with E-state index in [9.17, 15) is 19.8 Å². The standard InChI is InChI=1S/C29H35N3O5/c1-29(2,28(35)36)21-15-12-20(13-16-21)14-17-27(34)31-25-10-5-11-26(30-25)32-18-6-7-22(19-32)37-24-9-4-3-8-23(24)33/h4-5,9-13,15-16,22,33H,3,6-8,14,17-19H2,1-2H3,(H,35,36)(H,30,31,34). The molecule has 0 saturated carbocycles. The summed E-state index contributed by atoms with van der Waals surface area (Å²) in [5.41, 5.74) is 0.734. The number of piperidine rings is 1. The highest BCUT2D eigenvalue weighted by Gasteiger charge is 2.29.